The van der Waals surface area contributed by atoms with E-state index < -0.39 is 5.97 Å². The Morgan fingerprint density at radius 1 is 1.25 bits per heavy atom. The van der Waals surface area contributed by atoms with Crippen LogP contribution in [0.15, 0.2) is 48.5 Å². The van der Waals surface area contributed by atoms with Crippen molar-refractivity contribution in [2.45, 2.75) is 0 Å². The molecule has 0 radical (unpaired) electrons. The van der Waals surface area contributed by atoms with Crippen molar-refractivity contribution in [1.29, 1.82) is 0 Å². The van der Waals surface area contributed by atoms with Gasteiger partial charge < -0.3 is 14.6 Å². The molecular weight excluding hydrogens is 342 g/mol. The van der Waals surface area contributed by atoms with Crippen molar-refractivity contribution < 1.29 is 14.6 Å². The predicted octanol–water partition coefficient (Wildman–Crippen LogP) is 3.29. The van der Waals surface area contributed by atoms with Gasteiger partial charge in [-0.15, -0.1) is 23.1 Å². The number of carbonyl (C=O) groups is 1. The Bertz CT molecular complexity index is 852. The van der Waals surface area contributed by atoms with E-state index in [0.717, 1.165) is 31.4 Å². The first-order chi connectivity index (χ1) is 11.7. The van der Waals surface area contributed by atoms with Crippen LogP contribution in [0.4, 0.5) is 0 Å². The molecule has 0 aliphatic carbocycles. The van der Waals surface area contributed by atoms with Gasteiger partial charge in [0.15, 0.2) is 0 Å². The van der Waals surface area contributed by atoms with Crippen molar-refractivity contribution >= 4 is 50.3 Å². The lowest BCUT2D eigenvalue weighted by Gasteiger charge is -2.06. The van der Waals surface area contributed by atoms with Gasteiger partial charge >= 0.3 is 0 Å². The first-order valence-electron chi connectivity index (χ1n) is 7.20. The molecule has 24 heavy (non-hydrogen) atoms. The first kappa shape index (κ1) is 16.5. The van der Waals surface area contributed by atoms with Crippen LogP contribution in [0.25, 0.3) is 21.2 Å². The molecule has 0 aliphatic heterocycles. The number of carbonyl (C=O) groups excluding carboxylic acids is 1. The summed E-state index contributed by atoms with van der Waals surface area (Å²) in [5.41, 5.74) is 1.86. The topological polar surface area (TPSA) is 62.2 Å². The molecular formula is C18H14NO3S2-. The van der Waals surface area contributed by atoms with Crippen molar-refractivity contribution in [3.63, 3.8) is 0 Å². The monoisotopic (exact) mass is 356 g/mol. The van der Waals surface area contributed by atoms with Gasteiger partial charge in [0.25, 0.3) is 0 Å². The molecule has 0 amide bonds. The van der Waals surface area contributed by atoms with E-state index in [0.29, 0.717) is 0 Å². The number of rotatable bonds is 6. The van der Waals surface area contributed by atoms with Gasteiger partial charge in [0.1, 0.15) is 10.8 Å². The highest BCUT2D eigenvalue weighted by atomic mass is 32.2. The van der Waals surface area contributed by atoms with Crippen LogP contribution in [0.5, 0.6) is 5.75 Å². The van der Waals surface area contributed by atoms with E-state index in [1.807, 2.05) is 54.6 Å². The van der Waals surface area contributed by atoms with Crippen LogP contribution in [0.2, 0.25) is 0 Å². The normalized spacial score (nSPS) is 11.6. The second-order valence-electron chi connectivity index (χ2n) is 4.93. The minimum atomic E-state index is -1.10. The average Bonchev–Trinajstić information content (AvgIpc) is 3.03. The van der Waals surface area contributed by atoms with E-state index in [4.69, 9.17) is 4.74 Å². The maximum absolute atomic E-state index is 10.9. The predicted molar refractivity (Wildman–Crippen MR) is 98.0 cm³/mol. The molecule has 1 heterocycles. The van der Waals surface area contributed by atoms with Crippen molar-refractivity contribution in [1.82, 2.24) is 4.98 Å². The van der Waals surface area contributed by atoms with E-state index in [2.05, 4.69) is 4.98 Å². The van der Waals surface area contributed by atoms with Crippen molar-refractivity contribution in [2.24, 2.45) is 0 Å². The molecule has 0 saturated heterocycles. The number of ether oxygens (including phenoxy) is 1. The van der Waals surface area contributed by atoms with Gasteiger partial charge in [-0.1, -0.05) is 24.3 Å². The van der Waals surface area contributed by atoms with E-state index >= 15 is 0 Å². The quantitative estimate of drug-likeness (QED) is 0.678. The third-order valence-corrected chi connectivity index (χ3v) is 5.46. The van der Waals surface area contributed by atoms with E-state index in [1.54, 1.807) is 18.4 Å². The molecule has 0 aliphatic rings. The summed E-state index contributed by atoms with van der Waals surface area (Å²) >= 11 is 2.76. The number of carboxylic acids is 1. The summed E-state index contributed by atoms with van der Waals surface area (Å²) in [6, 6.07) is 15.4. The number of para-hydroxylation sites is 1. The number of aliphatic carboxylic acids is 1. The zero-order chi connectivity index (χ0) is 16.9. The molecule has 0 bridgehead atoms. The van der Waals surface area contributed by atoms with Gasteiger partial charge in [-0.05, 0) is 35.9 Å². The van der Waals surface area contributed by atoms with Crippen LogP contribution in [-0.2, 0) is 4.79 Å². The number of hydrogen-bond donors (Lipinski definition) is 0. The molecule has 122 valence electrons. The second kappa shape index (κ2) is 7.51. The molecule has 6 heteroatoms. The highest BCUT2D eigenvalue weighted by molar-refractivity contribution is 8.09. The molecule has 0 saturated carbocycles. The van der Waals surface area contributed by atoms with E-state index in [9.17, 15) is 9.90 Å². The summed E-state index contributed by atoms with van der Waals surface area (Å²) in [4.78, 5) is 16.3. The Labute approximate surface area is 147 Å². The van der Waals surface area contributed by atoms with Crippen LogP contribution in [0.1, 0.15) is 10.6 Å². The molecule has 1 aromatic heterocycles. The van der Waals surface area contributed by atoms with Crippen LogP contribution in [0.3, 0.4) is 0 Å². The van der Waals surface area contributed by atoms with E-state index in [-0.39, 0.29) is 5.75 Å². The van der Waals surface area contributed by atoms with Crippen molar-refractivity contribution in [3.8, 4) is 5.75 Å². The smallest absolute Gasteiger partial charge is 0.131 e. The SMILES string of the molecule is COc1ccc(/C=C(\SCC(=O)[O-])c2nc3ccccc3s2)cc1. The van der Waals surface area contributed by atoms with Gasteiger partial charge in [-0.3, -0.25) is 0 Å². The van der Waals surface area contributed by atoms with Crippen LogP contribution >= 0.6 is 23.1 Å². The van der Waals surface area contributed by atoms with Gasteiger partial charge in [0, 0.05) is 10.7 Å². The number of hydrogen-bond acceptors (Lipinski definition) is 6. The molecule has 3 aromatic rings. The zero-order valence-electron chi connectivity index (χ0n) is 12.9. The maximum Gasteiger partial charge on any atom is 0.131 e. The fourth-order valence-electron chi connectivity index (χ4n) is 2.13. The lowest BCUT2D eigenvalue weighted by atomic mass is 10.2. The number of methoxy groups -OCH3 is 1. The minimum Gasteiger partial charge on any atom is -0.549 e. The number of nitrogens with zero attached hydrogens (tertiary/aromatic N) is 1. The zero-order valence-corrected chi connectivity index (χ0v) is 14.5. The van der Waals surface area contributed by atoms with Crippen molar-refractivity contribution in [2.75, 3.05) is 12.9 Å². The number of benzene rings is 2. The largest absolute Gasteiger partial charge is 0.549 e. The van der Waals surface area contributed by atoms with Crippen molar-refractivity contribution in [3.05, 3.63) is 59.1 Å². The third kappa shape index (κ3) is 3.96. The van der Waals surface area contributed by atoms with Crippen LogP contribution in [-0.4, -0.2) is 23.8 Å². The summed E-state index contributed by atoms with van der Waals surface area (Å²) in [5.74, 6) is -0.435. The molecule has 0 N–H and O–H groups in total. The highest BCUT2D eigenvalue weighted by Gasteiger charge is 2.10. The molecule has 0 unspecified atom stereocenters. The molecule has 2 aromatic carbocycles. The summed E-state index contributed by atoms with van der Waals surface area (Å²) in [5, 5.41) is 11.7. The summed E-state index contributed by atoms with van der Waals surface area (Å²) in [6.45, 7) is 0. The number of thioether (sulfide) groups is 1. The Balaban J connectivity index is 1.97. The number of aromatic nitrogens is 1. The molecule has 4 nitrogen and oxygen atoms in total. The van der Waals surface area contributed by atoms with Gasteiger partial charge in [0.05, 0.1) is 23.3 Å². The number of carboxylic acid groups (broad SMARTS) is 1. The summed E-state index contributed by atoms with van der Waals surface area (Å²) in [7, 11) is 1.62. The number of fused-ring (bicyclic) bond motifs is 1. The van der Waals surface area contributed by atoms with Gasteiger partial charge in [-0.25, -0.2) is 4.98 Å². The fourth-order valence-corrected chi connectivity index (χ4v) is 3.97. The van der Waals surface area contributed by atoms with Gasteiger partial charge in [-0.2, -0.15) is 0 Å². The third-order valence-electron chi connectivity index (χ3n) is 3.26. The molecule has 3 rings (SSSR count). The Hall–Kier alpha value is -2.31. The summed E-state index contributed by atoms with van der Waals surface area (Å²) < 4.78 is 6.23. The standard InChI is InChI=1S/C18H15NO3S2/c1-22-13-8-6-12(7-9-13)10-16(23-11-17(20)21)18-19-14-4-2-3-5-15(14)24-18/h2-10H,11H2,1H3,(H,20,21)/p-1/b16-10-. The van der Waals surface area contributed by atoms with Crippen LogP contribution in [0, 0.1) is 0 Å². The number of thiazole rings is 1. The Kier molecular flexibility index (Phi) is 5.17. The maximum atomic E-state index is 10.9. The lowest BCUT2D eigenvalue weighted by molar-refractivity contribution is -0.301. The highest BCUT2D eigenvalue weighted by Crippen LogP contribution is 2.35. The summed E-state index contributed by atoms with van der Waals surface area (Å²) in [6.07, 6.45) is 1.94. The lowest BCUT2D eigenvalue weighted by Crippen LogP contribution is -2.24. The first-order valence-corrected chi connectivity index (χ1v) is 9.00. The second-order valence-corrected chi connectivity index (χ2v) is 6.98. The molecule has 0 atom stereocenters. The molecule has 0 fully saturated rings. The minimum absolute atomic E-state index is 0.113. The van der Waals surface area contributed by atoms with Gasteiger partial charge in [0.2, 0.25) is 0 Å². The van der Waals surface area contributed by atoms with Crippen LogP contribution < -0.4 is 9.84 Å². The van der Waals surface area contributed by atoms with E-state index in [1.165, 1.54) is 11.8 Å². The molecule has 0 spiro atoms. The Morgan fingerprint density at radius 3 is 2.67 bits per heavy atom. The average molecular weight is 356 g/mol. The Morgan fingerprint density at radius 2 is 2.00 bits per heavy atom. The fraction of sp³-hybridized carbons (Fsp3) is 0.111.